The van der Waals surface area contributed by atoms with E-state index in [0.717, 1.165) is 5.56 Å². The average Bonchev–Trinajstić information content (AvgIpc) is 2.84. The van der Waals surface area contributed by atoms with Gasteiger partial charge in [0.25, 0.3) is 0 Å². The third-order valence-corrected chi connectivity index (χ3v) is 5.51. The van der Waals surface area contributed by atoms with Crippen molar-refractivity contribution < 1.29 is 43.5 Å². The molecule has 10 heteroatoms. The molecule has 2 aromatic carbocycles. The van der Waals surface area contributed by atoms with Gasteiger partial charge in [-0.05, 0) is 51.3 Å². The average molecular weight is 516 g/mol. The topological polar surface area (TPSA) is 141 Å². The molecular formula is C27H33NO9. The second kappa shape index (κ2) is 12.6. The first kappa shape index (κ1) is 27.9. The molecule has 1 amide bonds. The first-order valence-electron chi connectivity index (χ1n) is 12.0. The highest BCUT2D eigenvalue weighted by Crippen LogP contribution is 2.25. The molecule has 0 saturated carbocycles. The highest BCUT2D eigenvalue weighted by atomic mass is 16.7. The van der Waals surface area contributed by atoms with Gasteiger partial charge in [-0.3, -0.25) is 4.79 Å². The molecule has 1 fully saturated rings. The molecule has 2 aromatic rings. The summed E-state index contributed by atoms with van der Waals surface area (Å²) >= 11 is 0. The molecule has 0 radical (unpaired) electrons. The van der Waals surface area contributed by atoms with Crippen molar-refractivity contribution >= 4 is 18.0 Å². The molecule has 3 rings (SSSR count). The van der Waals surface area contributed by atoms with Crippen molar-refractivity contribution in [1.82, 2.24) is 5.32 Å². The molecule has 37 heavy (non-hydrogen) atoms. The summed E-state index contributed by atoms with van der Waals surface area (Å²) in [4.78, 5) is 35.5. The van der Waals surface area contributed by atoms with E-state index in [1.54, 1.807) is 45.0 Å². The predicted octanol–water partition coefficient (Wildman–Crippen LogP) is 3.79. The van der Waals surface area contributed by atoms with Crippen LogP contribution in [0.15, 0.2) is 54.6 Å². The van der Waals surface area contributed by atoms with Gasteiger partial charge in [0.2, 0.25) is 0 Å². The summed E-state index contributed by atoms with van der Waals surface area (Å²) in [6.45, 7) is 5.63. The van der Waals surface area contributed by atoms with Gasteiger partial charge in [-0.25, -0.2) is 9.59 Å². The zero-order valence-corrected chi connectivity index (χ0v) is 21.1. The number of carbonyl (C=O) groups is 3. The second-order valence-electron chi connectivity index (χ2n) is 9.81. The van der Waals surface area contributed by atoms with Gasteiger partial charge in [-0.1, -0.05) is 42.5 Å². The van der Waals surface area contributed by atoms with Gasteiger partial charge in [0, 0.05) is 5.56 Å². The molecule has 0 aromatic heterocycles. The van der Waals surface area contributed by atoms with Crippen LogP contribution in [0, 0.1) is 5.92 Å². The third kappa shape index (κ3) is 9.07. The van der Waals surface area contributed by atoms with E-state index in [-0.39, 0.29) is 18.9 Å². The van der Waals surface area contributed by atoms with E-state index in [1.165, 1.54) is 0 Å². The van der Waals surface area contributed by atoms with E-state index < -0.39 is 41.9 Å². The molecule has 1 heterocycles. The summed E-state index contributed by atoms with van der Waals surface area (Å²) in [7, 11) is 0. The van der Waals surface area contributed by atoms with E-state index in [1.807, 2.05) is 30.3 Å². The summed E-state index contributed by atoms with van der Waals surface area (Å²) in [6, 6.07) is 15.1. The zero-order chi connectivity index (χ0) is 27.0. The number of amides is 1. The Morgan fingerprint density at radius 1 is 0.973 bits per heavy atom. The predicted molar refractivity (Wildman–Crippen MR) is 132 cm³/mol. The van der Waals surface area contributed by atoms with Crippen LogP contribution >= 0.6 is 0 Å². The second-order valence-corrected chi connectivity index (χ2v) is 9.81. The lowest BCUT2D eigenvalue weighted by atomic mass is 9.92. The number of carbonyl (C=O) groups excluding carboxylic acids is 1. The molecule has 1 aliphatic heterocycles. The molecular weight excluding hydrogens is 482 g/mol. The fraction of sp³-hybridized carbons (Fsp3) is 0.444. The molecule has 10 nitrogen and oxygen atoms in total. The number of aliphatic carboxylic acids is 2. The lowest BCUT2D eigenvalue weighted by molar-refractivity contribution is -0.215. The van der Waals surface area contributed by atoms with Crippen molar-refractivity contribution in [1.29, 1.82) is 0 Å². The lowest BCUT2D eigenvalue weighted by Crippen LogP contribution is -2.45. The van der Waals surface area contributed by atoms with Crippen LogP contribution in [0.25, 0.3) is 0 Å². The summed E-state index contributed by atoms with van der Waals surface area (Å²) in [5.41, 5.74) is 0.800. The first-order valence-corrected chi connectivity index (χ1v) is 12.0. The smallest absolute Gasteiger partial charge is 0.408 e. The van der Waals surface area contributed by atoms with Gasteiger partial charge in [0.05, 0.1) is 19.1 Å². The Kier molecular flexibility index (Phi) is 9.48. The van der Waals surface area contributed by atoms with Gasteiger partial charge < -0.3 is 34.5 Å². The fourth-order valence-electron chi connectivity index (χ4n) is 3.76. The normalized spacial score (nSPS) is 19.3. The number of carboxylic acid groups (broad SMARTS) is 2. The van der Waals surface area contributed by atoms with Crippen molar-refractivity contribution in [2.75, 3.05) is 13.2 Å². The summed E-state index contributed by atoms with van der Waals surface area (Å²) in [5.74, 6) is -2.98. The van der Waals surface area contributed by atoms with Crippen LogP contribution < -0.4 is 10.1 Å². The number of benzene rings is 2. The standard InChI is InChI=1S/C27H33NO9/c1-27(2,3)37-26(33)28-22(24(31)32)14-19(23(29)30)13-17-9-11-20(12-10-17)36-21-15-34-25(35-16-21)18-7-5-4-6-8-18/h4-12,19,21-22,25H,13-16H2,1-3H3,(H,28,33)(H,29,30)(H,31,32)/t19-,21?,22+,25?/m0/s1. The minimum atomic E-state index is -1.41. The maximum atomic E-state index is 12.0. The molecule has 200 valence electrons. The van der Waals surface area contributed by atoms with Crippen molar-refractivity contribution in [3.05, 3.63) is 65.7 Å². The van der Waals surface area contributed by atoms with Crippen LogP contribution in [0.2, 0.25) is 0 Å². The Balaban J connectivity index is 1.53. The number of nitrogens with one attached hydrogen (secondary N) is 1. The number of rotatable bonds is 10. The van der Waals surface area contributed by atoms with Crippen LogP contribution in [-0.4, -0.2) is 59.2 Å². The number of hydrogen-bond donors (Lipinski definition) is 3. The molecule has 1 saturated heterocycles. The molecule has 0 aliphatic carbocycles. The van der Waals surface area contributed by atoms with Crippen molar-refractivity contribution in [3.63, 3.8) is 0 Å². The van der Waals surface area contributed by atoms with Gasteiger partial charge in [-0.15, -0.1) is 0 Å². The quantitative estimate of drug-likeness (QED) is 0.431. The Morgan fingerprint density at radius 3 is 2.14 bits per heavy atom. The molecule has 0 spiro atoms. The summed E-state index contributed by atoms with van der Waals surface area (Å²) in [6.07, 6.45) is -1.88. The highest BCUT2D eigenvalue weighted by molar-refractivity contribution is 5.81. The van der Waals surface area contributed by atoms with E-state index in [0.29, 0.717) is 24.5 Å². The fourth-order valence-corrected chi connectivity index (χ4v) is 3.76. The van der Waals surface area contributed by atoms with E-state index in [2.05, 4.69) is 5.32 Å². The minimum Gasteiger partial charge on any atom is -0.486 e. The van der Waals surface area contributed by atoms with Crippen molar-refractivity contribution in [3.8, 4) is 5.75 Å². The van der Waals surface area contributed by atoms with Crippen LogP contribution in [0.5, 0.6) is 5.75 Å². The van der Waals surface area contributed by atoms with Gasteiger partial charge in [-0.2, -0.15) is 0 Å². The largest absolute Gasteiger partial charge is 0.486 e. The molecule has 0 unspecified atom stereocenters. The van der Waals surface area contributed by atoms with E-state index in [4.69, 9.17) is 18.9 Å². The molecule has 0 bridgehead atoms. The highest BCUT2D eigenvalue weighted by Gasteiger charge is 2.30. The maximum absolute atomic E-state index is 12.0. The van der Waals surface area contributed by atoms with Crippen LogP contribution in [0.1, 0.15) is 44.6 Å². The van der Waals surface area contributed by atoms with E-state index >= 15 is 0 Å². The first-order chi connectivity index (χ1) is 17.5. The third-order valence-electron chi connectivity index (χ3n) is 5.51. The monoisotopic (exact) mass is 515 g/mol. The Labute approximate surface area is 215 Å². The SMILES string of the molecule is CC(C)(C)OC(=O)N[C@H](C[C@H](Cc1ccc(OC2COC(c3ccccc3)OC2)cc1)C(=O)O)C(=O)O. The number of alkyl carbamates (subject to hydrolysis) is 1. The summed E-state index contributed by atoms with van der Waals surface area (Å²) < 4.78 is 22.5. The Hall–Kier alpha value is -3.63. The minimum absolute atomic E-state index is 0.0732. The van der Waals surface area contributed by atoms with Gasteiger partial charge in [0.15, 0.2) is 6.29 Å². The molecule has 2 atom stereocenters. The van der Waals surface area contributed by atoms with Crippen molar-refractivity contribution in [2.24, 2.45) is 5.92 Å². The van der Waals surface area contributed by atoms with E-state index in [9.17, 15) is 24.6 Å². The number of hydrogen-bond acceptors (Lipinski definition) is 7. The Morgan fingerprint density at radius 2 is 1.59 bits per heavy atom. The van der Waals surface area contributed by atoms with Gasteiger partial charge >= 0.3 is 18.0 Å². The van der Waals surface area contributed by atoms with Crippen molar-refractivity contribution in [2.45, 2.75) is 57.6 Å². The van der Waals surface area contributed by atoms with Crippen LogP contribution in [-0.2, 0) is 30.2 Å². The van der Waals surface area contributed by atoms with Crippen LogP contribution in [0.4, 0.5) is 4.79 Å². The number of carboxylic acids is 2. The summed E-state index contributed by atoms with van der Waals surface area (Å²) in [5, 5.41) is 21.4. The Bertz CT molecular complexity index is 1040. The molecule has 1 aliphatic rings. The van der Waals surface area contributed by atoms with Crippen LogP contribution in [0.3, 0.4) is 0 Å². The molecule has 3 N–H and O–H groups in total. The maximum Gasteiger partial charge on any atom is 0.408 e. The lowest BCUT2D eigenvalue weighted by Gasteiger charge is -2.30. The van der Waals surface area contributed by atoms with Gasteiger partial charge in [0.1, 0.15) is 23.5 Å². The zero-order valence-electron chi connectivity index (χ0n) is 21.1. The number of ether oxygens (including phenoxy) is 4.